The summed E-state index contributed by atoms with van der Waals surface area (Å²) in [7, 11) is 0. The van der Waals surface area contributed by atoms with Crippen molar-refractivity contribution in [1.29, 1.82) is 5.26 Å². The van der Waals surface area contributed by atoms with E-state index in [1.54, 1.807) is 25.1 Å². The normalized spacial score (nSPS) is 13.2. The molecular weight excluding hydrogens is 304 g/mol. The van der Waals surface area contributed by atoms with Gasteiger partial charge in [-0.25, -0.2) is 0 Å². The highest BCUT2D eigenvalue weighted by molar-refractivity contribution is 5.98. The van der Waals surface area contributed by atoms with Gasteiger partial charge in [0.2, 0.25) is 0 Å². The molecule has 0 spiro atoms. The maximum Gasteiger partial charge on any atom is 0.256 e. The second-order valence-corrected chi connectivity index (χ2v) is 6.21. The van der Waals surface area contributed by atoms with Gasteiger partial charge in [-0.05, 0) is 46.2 Å². The van der Waals surface area contributed by atoms with Crippen LogP contribution >= 0.6 is 0 Å². The molecule has 0 bridgehead atoms. The van der Waals surface area contributed by atoms with E-state index in [1.165, 1.54) is 0 Å². The van der Waals surface area contributed by atoms with Gasteiger partial charge in [0.15, 0.2) is 0 Å². The SMILES string of the molecule is CCCC[C@@](C)(OCC)C(=O)Nc1ccc(OC(C)C)cc1C#N. The molecule has 0 fully saturated rings. The van der Waals surface area contributed by atoms with Crippen molar-refractivity contribution in [2.24, 2.45) is 0 Å². The van der Waals surface area contributed by atoms with E-state index in [0.29, 0.717) is 30.0 Å². The Morgan fingerprint density at radius 1 is 1.38 bits per heavy atom. The molecule has 1 atom stereocenters. The zero-order chi connectivity index (χ0) is 18.2. The van der Waals surface area contributed by atoms with Crippen LogP contribution in [0.3, 0.4) is 0 Å². The second-order valence-electron chi connectivity index (χ2n) is 6.21. The predicted octanol–water partition coefficient (Wildman–Crippen LogP) is 4.27. The van der Waals surface area contributed by atoms with E-state index in [9.17, 15) is 10.1 Å². The number of carbonyl (C=O) groups excluding carboxylic acids is 1. The highest BCUT2D eigenvalue weighted by atomic mass is 16.5. The molecule has 1 aromatic rings. The first-order valence-electron chi connectivity index (χ1n) is 8.52. The molecule has 5 heteroatoms. The first-order valence-corrected chi connectivity index (χ1v) is 8.52. The van der Waals surface area contributed by atoms with Gasteiger partial charge >= 0.3 is 0 Å². The van der Waals surface area contributed by atoms with E-state index >= 15 is 0 Å². The Labute approximate surface area is 145 Å². The van der Waals surface area contributed by atoms with Crippen LogP contribution < -0.4 is 10.1 Å². The number of rotatable bonds is 9. The van der Waals surface area contributed by atoms with E-state index in [4.69, 9.17) is 9.47 Å². The molecule has 0 aromatic heterocycles. The van der Waals surface area contributed by atoms with Crippen LogP contribution in [0, 0.1) is 11.3 Å². The van der Waals surface area contributed by atoms with Crippen molar-refractivity contribution in [3.63, 3.8) is 0 Å². The predicted molar refractivity (Wildman–Crippen MR) is 95.1 cm³/mol. The second kappa shape index (κ2) is 9.29. The summed E-state index contributed by atoms with van der Waals surface area (Å²) in [5, 5.41) is 12.2. The third-order valence-corrected chi connectivity index (χ3v) is 3.68. The first kappa shape index (κ1) is 20.0. The van der Waals surface area contributed by atoms with Crippen LogP contribution in [0.4, 0.5) is 5.69 Å². The molecule has 0 saturated heterocycles. The van der Waals surface area contributed by atoms with Crippen molar-refractivity contribution >= 4 is 11.6 Å². The number of ether oxygens (including phenoxy) is 2. The van der Waals surface area contributed by atoms with Crippen molar-refractivity contribution in [1.82, 2.24) is 0 Å². The molecule has 1 aromatic carbocycles. The number of benzene rings is 1. The van der Waals surface area contributed by atoms with Gasteiger partial charge in [0.05, 0.1) is 17.4 Å². The van der Waals surface area contributed by atoms with Gasteiger partial charge in [-0.3, -0.25) is 4.79 Å². The number of nitriles is 1. The van der Waals surface area contributed by atoms with E-state index in [2.05, 4.69) is 18.3 Å². The third kappa shape index (κ3) is 5.54. The fourth-order valence-corrected chi connectivity index (χ4v) is 2.41. The van der Waals surface area contributed by atoms with E-state index in [1.807, 2.05) is 20.8 Å². The van der Waals surface area contributed by atoms with Crippen LogP contribution in [0.15, 0.2) is 18.2 Å². The summed E-state index contributed by atoms with van der Waals surface area (Å²) in [6.07, 6.45) is 2.54. The van der Waals surface area contributed by atoms with Crippen LogP contribution in [-0.2, 0) is 9.53 Å². The maximum atomic E-state index is 12.7. The molecule has 0 heterocycles. The molecule has 0 unspecified atom stereocenters. The van der Waals surface area contributed by atoms with Crippen molar-refractivity contribution in [2.45, 2.75) is 65.6 Å². The molecular formula is C19H28N2O3. The fraction of sp³-hybridized carbons (Fsp3) is 0.579. The smallest absolute Gasteiger partial charge is 0.256 e. The zero-order valence-electron chi connectivity index (χ0n) is 15.3. The molecule has 1 amide bonds. The van der Waals surface area contributed by atoms with Crippen LogP contribution in [0.2, 0.25) is 0 Å². The number of carbonyl (C=O) groups is 1. The minimum Gasteiger partial charge on any atom is -0.491 e. The van der Waals surface area contributed by atoms with Crippen LogP contribution in [0.5, 0.6) is 5.75 Å². The largest absolute Gasteiger partial charge is 0.491 e. The Morgan fingerprint density at radius 2 is 2.08 bits per heavy atom. The number of amides is 1. The fourth-order valence-electron chi connectivity index (χ4n) is 2.41. The Hall–Kier alpha value is -2.06. The maximum absolute atomic E-state index is 12.7. The lowest BCUT2D eigenvalue weighted by molar-refractivity contribution is -0.139. The molecule has 132 valence electrons. The number of anilines is 1. The first-order chi connectivity index (χ1) is 11.4. The van der Waals surface area contributed by atoms with E-state index in [0.717, 1.165) is 12.8 Å². The Bertz CT molecular complexity index is 593. The quantitative estimate of drug-likeness (QED) is 0.733. The van der Waals surface area contributed by atoms with Crippen LogP contribution in [0.1, 0.15) is 59.4 Å². The van der Waals surface area contributed by atoms with Crippen molar-refractivity contribution < 1.29 is 14.3 Å². The molecule has 1 rings (SSSR count). The average molecular weight is 332 g/mol. The Kier molecular flexibility index (Phi) is 7.73. The highest BCUT2D eigenvalue weighted by Crippen LogP contribution is 2.26. The summed E-state index contributed by atoms with van der Waals surface area (Å²) in [4.78, 5) is 12.7. The van der Waals surface area contributed by atoms with Crippen molar-refractivity contribution in [3.05, 3.63) is 23.8 Å². The summed E-state index contributed by atoms with van der Waals surface area (Å²) in [6, 6.07) is 7.19. The van der Waals surface area contributed by atoms with Gasteiger partial charge in [0.1, 0.15) is 17.4 Å². The Morgan fingerprint density at radius 3 is 2.62 bits per heavy atom. The van der Waals surface area contributed by atoms with E-state index in [-0.39, 0.29) is 12.0 Å². The summed E-state index contributed by atoms with van der Waals surface area (Å²) < 4.78 is 11.3. The van der Waals surface area contributed by atoms with Gasteiger partial charge in [0.25, 0.3) is 5.91 Å². The molecule has 0 aliphatic carbocycles. The minimum absolute atomic E-state index is 0.0206. The summed E-state index contributed by atoms with van der Waals surface area (Å²) >= 11 is 0. The van der Waals surface area contributed by atoms with Gasteiger partial charge in [-0.2, -0.15) is 5.26 Å². The highest BCUT2D eigenvalue weighted by Gasteiger charge is 2.33. The van der Waals surface area contributed by atoms with Gasteiger partial charge in [0, 0.05) is 12.7 Å². The molecule has 0 aliphatic rings. The van der Waals surface area contributed by atoms with E-state index < -0.39 is 5.60 Å². The monoisotopic (exact) mass is 332 g/mol. The molecule has 1 N–H and O–H groups in total. The summed E-state index contributed by atoms with van der Waals surface area (Å²) in [5.41, 5.74) is -0.0539. The standard InChI is InChI=1S/C19H28N2O3/c1-6-8-11-19(5,23-7-2)18(22)21-17-10-9-16(24-14(3)4)12-15(17)13-20/h9-10,12,14H,6-8,11H2,1-5H3,(H,21,22)/t19-/m1/s1. The molecule has 24 heavy (non-hydrogen) atoms. The number of nitrogens with one attached hydrogen (secondary N) is 1. The van der Waals surface area contributed by atoms with Gasteiger partial charge < -0.3 is 14.8 Å². The van der Waals surface area contributed by atoms with Gasteiger partial charge in [-0.1, -0.05) is 19.8 Å². The topological polar surface area (TPSA) is 71.3 Å². The third-order valence-electron chi connectivity index (χ3n) is 3.68. The average Bonchev–Trinajstić information content (AvgIpc) is 2.54. The molecule has 0 saturated carbocycles. The lowest BCUT2D eigenvalue weighted by atomic mass is 9.97. The molecule has 0 radical (unpaired) electrons. The minimum atomic E-state index is -0.898. The number of hydrogen-bond donors (Lipinski definition) is 1. The van der Waals surface area contributed by atoms with Crippen LogP contribution in [0.25, 0.3) is 0 Å². The summed E-state index contributed by atoms with van der Waals surface area (Å²) in [6.45, 7) is 10.0. The molecule has 5 nitrogen and oxygen atoms in total. The summed E-state index contributed by atoms with van der Waals surface area (Å²) in [5.74, 6) is 0.380. The van der Waals surface area contributed by atoms with Crippen molar-refractivity contribution in [2.75, 3.05) is 11.9 Å². The van der Waals surface area contributed by atoms with Crippen molar-refractivity contribution in [3.8, 4) is 11.8 Å². The Balaban J connectivity index is 2.97. The van der Waals surface area contributed by atoms with Crippen LogP contribution in [-0.4, -0.2) is 24.2 Å². The lowest BCUT2D eigenvalue weighted by Gasteiger charge is -2.28. The van der Waals surface area contributed by atoms with Gasteiger partial charge in [-0.15, -0.1) is 0 Å². The number of nitrogens with zero attached hydrogens (tertiary/aromatic N) is 1. The molecule has 0 aliphatic heterocycles. The lowest BCUT2D eigenvalue weighted by Crippen LogP contribution is -2.43. The number of hydrogen-bond acceptors (Lipinski definition) is 4. The zero-order valence-corrected chi connectivity index (χ0v) is 15.3. The number of unbranched alkanes of at least 4 members (excludes halogenated alkanes) is 1.